The number of hydrogen-bond acceptors (Lipinski definition) is 3. The minimum atomic E-state index is -0.428. The first-order valence-electron chi connectivity index (χ1n) is 5.87. The zero-order chi connectivity index (χ0) is 13.5. The van der Waals surface area contributed by atoms with E-state index < -0.39 is 5.91 Å². The maximum Gasteiger partial charge on any atom is 0.236 e. The number of carbonyl (C=O) groups excluding carboxylic acids is 2. The molecule has 1 aromatic rings. The van der Waals surface area contributed by atoms with E-state index >= 15 is 0 Å². The van der Waals surface area contributed by atoms with Crippen LogP contribution in [0.25, 0.3) is 0 Å². The average Bonchev–Trinajstić information content (AvgIpc) is 2.33. The molecule has 0 radical (unpaired) electrons. The van der Waals surface area contributed by atoms with Crippen molar-refractivity contribution < 1.29 is 9.59 Å². The topological polar surface area (TPSA) is 63.4 Å². The monoisotopic (exact) mass is 268 g/mol. The Labute approximate surface area is 112 Å². The highest BCUT2D eigenvalue weighted by Gasteiger charge is 2.14. The van der Waals surface area contributed by atoms with Crippen LogP contribution in [0.4, 0.5) is 5.69 Å². The van der Waals surface area contributed by atoms with Gasteiger partial charge in [0.1, 0.15) is 0 Å². The molecule has 0 unspecified atom stereocenters. The van der Waals surface area contributed by atoms with Gasteiger partial charge in [-0.15, -0.1) is 0 Å². The smallest absolute Gasteiger partial charge is 0.236 e. The van der Waals surface area contributed by atoms with Gasteiger partial charge in [-0.3, -0.25) is 9.59 Å². The second-order valence-corrected chi connectivity index (χ2v) is 4.44. The lowest BCUT2D eigenvalue weighted by molar-refractivity contribution is -0.116. The third-order valence-electron chi connectivity index (χ3n) is 2.62. The molecule has 18 heavy (non-hydrogen) atoms. The van der Waals surface area contributed by atoms with Crippen LogP contribution in [-0.4, -0.2) is 25.3 Å². The third-order valence-corrected chi connectivity index (χ3v) is 2.95. The Hall–Kier alpha value is -1.55. The fourth-order valence-electron chi connectivity index (χ4n) is 1.74. The number of amides is 1. The van der Waals surface area contributed by atoms with E-state index in [4.69, 9.17) is 17.3 Å². The number of hydrogen-bond donors (Lipinski definition) is 1. The van der Waals surface area contributed by atoms with Crippen molar-refractivity contribution in [2.45, 2.75) is 19.8 Å². The Morgan fingerprint density at radius 1 is 1.50 bits per heavy atom. The van der Waals surface area contributed by atoms with Gasteiger partial charge in [0.2, 0.25) is 5.91 Å². The number of unbranched alkanes of at least 4 members (excludes halogenated alkanes) is 1. The molecule has 0 heterocycles. The number of primary amides is 1. The first-order chi connectivity index (χ1) is 8.60. The average molecular weight is 269 g/mol. The molecule has 5 heteroatoms. The summed E-state index contributed by atoms with van der Waals surface area (Å²) in [6.07, 6.45) is 2.61. The standard InChI is InChI=1S/C13H17ClN2O2/c1-2-3-7-16(8-13(15)18)12-6-4-5-11(14)10(12)9-17/h4-6,9H,2-3,7-8H2,1H3,(H2,15,18). The SMILES string of the molecule is CCCCN(CC(N)=O)c1cccc(Cl)c1C=O. The molecule has 0 aliphatic carbocycles. The maximum atomic E-state index is 11.1. The van der Waals surface area contributed by atoms with Gasteiger partial charge < -0.3 is 10.6 Å². The molecule has 0 fully saturated rings. The van der Waals surface area contributed by atoms with E-state index in [1.54, 1.807) is 23.1 Å². The lowest BCUT2D eigenvalue weighted by Crippen LogP contribution is -2.35. The summed E-state index contributed by atoms with van der Waals surface area (Å²) in [6.45, 7) is 2.81. The molecular formula is C13H17ClN2O2. The minimum absolute atomic E-state index is 0.0845. The van der Waals surface area contributed by atoms with Crippen molar-refractivity contribution in [1.82, 2.24) is 0 Å². The van der Waals surface area contributed by atoms with Gasteiger partial charge in [-0.25, -0.2) is 0 Å². The maximum absolute atomic E-state index is 11.1. The summed E-state index contributed by atoms with van der Waals surface area (Å²) in [5.41, 5.74) is 6.29. The molecule has 1 aromatic carbocycles. The van der Waals surface area contributed by atoms with Gasteiger partial charge in [-0.2, -0.15) is 0 Å². The number of rotatable bonds is 7. The first-order valence-corrected chi connectivity index (χ1v) is 6.24. The van der Waals surface area contributed by atoms with Crippen molar-refractivity contribution >= 4 is 29.5 Å². The van der Waals surface area contributed by atoms with Crippen LogP contribution in [0.5, 0.6) is 0 Å². The van der Waals surface area contributed by atoms with E-state index in [1.807, 2.05) is 0 Å². The van der Waals surface area contributed by atoms with Gasteiger partial charge >= 0.3 is 0 Å². The highest BCUT2D eigenvalue weighted by Crippen LogP contribution is 2.26. The summed E-state index contributed by atoms with van der Waals surface area (Å²) in [6, 6.07) is 5.18. The molecular weight excluding hydrogens is 252 g/mol. The molecule has 98 valence electrons. The molecule has 0 aromatic heterocycles. The molecule has 4 nitrogen and oxygen atoms in total. The molecule has 1 amide bonds. The molecule has 0 aliphatic rings. The number of halogens is 1. The van der Waals surface area contributed by atoms with E-state index in [0.29, 0.717) is 29.1 Å². The van der Waals surface area contributed by atoms with Gasteiger partial charge in [-0.05, 0) is 18.6 Å². The Morgan fingerprint density at radius 3 is 2.78 bits per heavy atom. The predicted octanol–water partition coefficient (Wildman–Crippen LogP) is 2.24. The molecule has 0 aliphatic heterocycles. The highest BCUT2D eigenvalue weighted by atomic mass is 35.5. The minimum Gasteiger partial charge on any atom is -0.368 e. The zero-order valence-corrected chi connectivity index (χ0v) is 11.1. The van der Waals surface area contributed by atoms with Crippen LogP contribution in [0, 0.1) is 0 Å². The van der Waals surface area contributed by atoms with Gasteiger partial charge in [0.25, 0.3) is 0 Å². The predicted molar refractivity (Wildman–Crippen MR) is 73.2 cm³/mol. The van der Waals surface area contributed by atoms with E-state index in [2.05, 4.69) is 6.92 Å². The fraction of sp³-hybridized carbons (Fsp3) is 0.385. The fourth-order valence-corrected chi connectivity index (χ4v) is 1.95. The highest BCUT2D eigenvalue weighted by molar-refractivity contribution is 6.33. The number of benzene rings is 1. The van der Waals surface area contributed by atoms with E-state index in [9.17, 15) is 9.59 Å². The Morgan fingerprint density at radius 2 is 2.22 bits per heavy atom. The Bertz CT molecular complexity index is 435. The van der Waals surface area contributed by atoms with Gasteiger partial charge in [-0.1, -0.05) is 31.0 Å². The van der Waals surface area contributed by atoms with Crippen LogP contribution >= 0.6 is 11.6 Å². The van der Waals surface area contributed by atoms with Crippen molar-refractivity contribution in [2.75, 3.05) is 18.0 Å². The molecule has 0 spiro atoms. The Kier molecular flexibility index (Phi) is 5.65. The van der Waals surface area contributed by atoms with Crippen molar-refractivity contribution in [3.05, 3.63) is 28.8 Å². The van der Waals surface area contributed by atoms with Crippen LogP contribution in [0.15, 0.2) is 18.2 Å². The van der Waals surface area contributed by atoms with Crippen LogP contribution in [0.2, 0.25) is 5.02 Å². The number of aldehydes is 1. The van der Waals surface area contributed by atoms with E-state index in [1.165, 1.54) is 0 Å². The largest absolute Gasteiger partial charge is 0.368 e. The van der Waals surface area contributed by atoms with Gasteiger partial charge in [0, 0.05) is 12.2 Å². The van der Waals surface area contributed by atoms with Crippen molar-refractivity contribution in [1.29, 1.82) is 0 Å². The molecule has 1 rings (SSSR count). The molecule has 0 saturated heterocycles. The van der Waals surface area contributed by atoms with Crippen LogP contribution in [-0.2, 0) is 4.79 Å². The summed E-state index contributed by atoms with van der Waals surface area (Å²) in [4.78, 5) is 24.0. The van der Waals surface area contributed by atoms with Crippen molar-refractivity contribution in [2.24, 2.45) is 5.73 Å². The number of anilines is 1. The molecule has 0 saturated carbocycles. The lowest BCUT2D eigenvalue weighted by atomic mass is 10.1. The van der Waals surface area contributed by atoms with E-state index in [-0.39, 0.29) is 6.54 Å². The van der Waals surface area contributed by atoms with Crippen molar-refractivity contribution in [3.63, 3.8) is 0 Å². The second kappa shape index (κ2) is 7.01. The number of nitrogens with two attached hydrogens (primary N) is 1. The quantitative estimate of drug-likeness (QED) is 0.772. The Balaban J connectivity index is 3.06. The first kappa shape index (κ1) is 14.5. The van der Waals surface area contributed by atoms with E-state index in [0.717, 1.165) is 12.8 Å². The summed E-state index contributed by atoms with van der Waals surface area (Å²) in [7, 11) is 0. The molecule has 0 atom stereocenters. The third kappa shape index (κ3) is 3.74. The van der Waals surface area contributed by atoms with Crippen LogP contribution < -0.4 is 10.6 Å². The van der Waals surface area contributed by atoms with Gasteiger partial charge in [0.15, 0.2) is 6.29 Å². The molecule has 2 N–H and O–H groups in total. The summed E-state index contributed by atoms with van der Waals surface area (Å²) in [5, 5.41) is 0.383. The number of nitrogens with zero attached hydrogens (tertiary/aromatic N) is 1. The van der Waals surface area contributed by atoms with Crippen LogP contribution in [0.1, 0.15) is 30.1 Å². The van der Waals surface area contributed by atoms with Crippen molar-refractivity contribution in [3.8, 4) is 0 Å². The normalized spacial score (nSPS) is 10.1. The number of carbonyl (C=O) groups is 2. The summed E-state index contributed by atoms with van der Waals surface area (Å²) >= 11 is 5.97. The lowest BCUT2D eigenvalue weighted by Gasteiger charge is -2.24. The summed E-state index contributed by atoms with van der Waals surface area (Å²) < 4.78 is 0. The molecule has 0 bridgehead atoms. The van der Waals surface area contributed by atoms with Gasteiger partial charge in [0.05, 0.1) is 17.1 Å². The summed E-state index contributed by atoms with van der Waals surface area (Å²) in [5.74, 6) is -0.428. The van der Waals surface area contributed by atoms with Crippen LogP contribution in [0.3, 0.4) is 0 Å². The second-order valence-electron chi connectivity index (χ2n) is 4.03. The zero-order valence-electron chi connectivity index (χ0n) is 10.4.